The summed E-state index contributed by atoms with van der Waals surface area (Å²) in [6.45, 7) is 14.7. The Kier molecular flexibility index (Phi) is 37.7. The zero-order valence-corrected chi connectivity index (χ0v) is 30.4. The normalized spacial score (nSPS) is 11.4. The third-order valence-electron chi connectivity index (χ3n) is 8.47. The Bertz CT molecular complexity index is 443. The molecule has 0 aliphatic heterocycles. The number of carbonyl (C=O) groups excluding carboxylic acids is 1. The lowest BCUT2D eigenvalue weighted by molar-refractivity contribution is -0.890. The topological polar surface area (TPSA) is 63.2 Å². The van der Waals surface area contributed by atoms with Gasteiger partial charge in [-0.05, 0) is 57.5 Å². The number of hydrogen-bond acceptors (Lipinski definition) is 3. The minimum Gasteiger partial charge on any atom is -0.652 e. The van der Waals surface area contributed by atoms with Crippen LogP contribution >= 0.6 is 0 Å². The molecule has 0 heterocycles. The van der Waals surface area contributed by atoms with Gasteiger partial charge in [-0.2, -0.15) is 0 Å². The maximum atomic E-state index is 8.33. The molecule has 42 heavy (non-hydrogen) atoms. The highest BCUT2D eigenvalue weighted by atomic mass is 16.6. The van der Waals surface area contributed by atoms with E-state index in [9.17, 15) is 0 Å². The molecule has 5 heteroatoms. The number of nitrogens with zero attached hydrogens (tertiary/aromatic N) is 2. The summed E-state index contributed by atoms with van der Waals surface area (Å²) in [6, 6.07) is 0. The lowest BCUT2D eigenvalue weighted by Gasteiger charge is -2.30. The summed E-state index contributed by atoms with van der Waals surface area (Å²) in [7, 11) is 9.66. The van der Waals surface area contributed by atoms with E-state index in [0.717, 1.165) is 0 Å². The Hall–Kier alpha value is -0.810. The van der Waals surface area contributed by atoms with E-state index in [2.05, 4.69) is 55.9 Å². The van der Waals surface area contributed by atoms with Gasteiger partial charge in [0.2, 0.25) is 0 Å². The Balaban J connectivity index is -0.000000641. The fourth-order valence-electron chi connectivity index (χ4n) is 5.50. The number of rotatable bonds is 28. The van der Waals surface area contributed by atoms with Crippen LogP contribution in [0.5, 0.6) is 0 Å². The molecule has 0 aliphatic rings. The molecule has 0 saturated carbocycles. The molecule has 5 nitrogen and oxygen atoms in total. The molecular formula is C37H80N2O3. The average Bonchev–Trinajstić information content (AvgIpc) is 2.92. The van der Waals surface area contributed by atoms with Crippen molar-refractivity contribution in [1.29, 1.82) is 0 Å². The quantitative estimate of drug-likeness (QED) is 0.0664. The highest BCUT2D eigenvalue weighted by Gasteiger charge is 2.14. The number of carboxylic acid groups (broad SMARTS) is 2. The second kappa shape index (κ2) is 34.7. The van der Waals surface area contributed by atoms with Crippen molar-refractivity contribution in [2.24, 2.45) is 0 Å². The molecule has 0 amide bonds. The first-order chi connectivity index (χ1) is 20.0. The summed E-state index contributed by atoms with van der Waals surface area (Å²) in [5.74, 6) is 0. The Morgan fingerprint density at radius 1 is 0.357 bits per heavy atom. The summed E-state index contributed by atoms with van der Waals surface area (Å²) in [5, 5.41) is 16.7. The van der Waals surface area contributed by atoms with Crippen molar-refractivity contribution in [2.45, 2.75) is 182 Å². The van der Waals surface area contributed by atoms with Gasteiger partial charge in [-0.15, -0.1) is 0 Å². The summed E-state index contributed by atoms with van der Waals surface area (Å²) in [6.07, 6.45) is 31.9. The molecule has 0 aromatic rings. The Labute approximate surface area is 266 Å². The van der Waals surface area contributed by atoms with Crippen LogP contribution in [0.4, 0.5) is 4.79 Å². The lowest BCUT2D eigenvalue weighted by atomic mass is 10.1. The van der Waals surface area contributed by atoms with Crippen molar-refractivity contribution in [3.8, 4) is 0 Å². The smallest absolute Gasteiger partial charge is 0.0782 e. The number of carbonyl (C=O) groups is 1. The minimum absolute atomic E-state index is 1.24. The van der Waals surface area contributed by atoms with Gasteiger partial charge in [-0.1, -0.05) is 130 Å². The van der Waals surface area contributed by atoms with Gasteiger partial charge in [0.1, 0.15) is 0 Å². The molecule has 0 N–H and O–H groups in total. The van der Waals surface area contributed by atoms with Crippen LogP contribution in [-0.2, 0) is 0 Å². The van der Waals surface area contributed by atoms with Crippen molar-refractivity contribution in [2.75, 3.05) is 54.4 Å². The maximum Gasteiger partial charge on any atom is 0.0782 e. The molecule has 0 aromatic carbocycles. The highest BCUT2D eigenvalue weighted by Crippen LogP contribution is 2.13. The fourth-order valence-corrected chi connectivity index (χ4v) is 5.50. The van der Waals surface area contributed by atoms with Crippen molar-refractivity contribution >= 4 is 6.16 Å². The summed E-state index contributed by atoms with van der Waals surface area (Å²) >= 11 is 0. The molecule has 0 aliphatic carbocycles. The minimum atomic E-state index is -2.33. The third kappa shape index (κ3) is 46.2. The first-order valence-electron chi connectivity index (χ1n) is 18.5. The zero-order valence-electron chi connectivity index (χ0n) is 30.4. The van der Waals surface area contributed by atoms with Gasteiger partial charge in [0.25, 0.3) is 0 Å². The monoisotopic (exact) mass is 601 g/mol. The van der Waals surface area contributed by atoms with Gasteiger partial charge < -0.3 is 24.0 Å². The van der Waals surface area contributed by atoms with Gasteiger partial charge in [-0.3, -0.25) is 0 Å². The van der Waals surface area contributed by atoms with Crippen molar-refractivity contribution in [3.63, 3.8) is 0 Å². The van der Waals surface area contributed by atoms with Crippen molar-refractivity contribution in [1.82, 2.24) is 0 Å². The van der Waals surface area contributed by atoms with Gasteiger partial charge in [0.05, 0.1) is 54.4 Å². The van der Waals surface area contributed by atoms with Crippen LogP contribution in [0.3, 0.4) is 0 Å². The van der Waals surface area contributed by atoms with Crippen LogP contribution in [0, 0.1) is 0 Å². The Morgan fingerprint density at radius 3 is 0.667 bits per heavy atom. The van der Waals surface area contributed by atoms with Gasteiger partial charge >= 0.3 is 0 Å². The van der Waals surface area contributed by atoms with Crippen LogP contribution in [0.1, 0.15) is 182 Å². The standard InChI is InChI=1S/2C18H40N.CH2O3/c2*1-5-7-9-11-13-15-17-19(3,4)18-16-14-12-10-8-6-2;2-1(3)4/h2*5-18H2,1-4H3;(H2,2,3,4)/q2*+1;/p-2. The van der Waals surface area contributed by atoms with E-state index in [1.807, 2.05) is 0 Å². The van der Waals surface area contributed by atoms with E-state index in [-0.39, 0.29) is 0 Å². The second-order valence-corrected chi connectivity index (χ2v) is 14.1. The average molecular weight is 601 g/mol. The van der Waals surface area contributed by atoms with E-state index < -0.39 is 6.16 Å². The molecule has 0 fully saturated rings. The molecular weight excluding hydrogens is 520 g/mol. The molecule has 0 atom stereocenters. The number of hydrogen-bond donors (Lipinski definition) is 0. The largest absolute Gasteiger partial charge is 0.652 e. The first-order valence-corrected chi connectivity index (χ1v) is 18.5. The van der Waals surface area contributed by atoms with Crippen molar-refractivity contribution in [3.05, 3.63) is 0 Å². The van der Waals surface area contributed by atoms with Gasteiger partial charge in [0.15, 0.2) is 0 Å². The van der Waals surface area contributed by atoms with Gasteiger partial charge in [0, 0.05) is 0 Å². The van der Waals surface area contributed by atoms with E-state index in [0.29, 0.717) is 0 Å². The first kappa shape index (κ1) is 45.6. The maximum absolute atomic E-state index is 8.33. The molecule has 0 saturated heterocycles. The fraction of sp³-hybridized carbons (Fsp3) is 0.973. The predicted octanol–water partition coefficient (Wildman–Crippen LogP) is 9.12. The van der Waals surface area contributed by atoms with E-state index in [1.54, 1.807) is 0 Å². The molecule has 0 unspecified atom stereocenters. The predicted molar refractivity (Wildman–Crippen MR) is 183 cm³/mol. The van der Waals surface area contributed by atoms with Crippen molar-refractivity contribution < 1.29 is 24.0 Å². The van der Waals surface area contributed by atoms with E-state index in [1.165, 1.54) is 189 Å². The van der Waals surface area contributed by atoms with E-state index >= 15 is 0 Å². The van der Waals surface area contributed by atoms with Gasteiger partial charge in [-0.25, -0.2) is 0 Å². The van der Waals surface area contributed by atoms with E-state index in [4.69, 9.17) is 15.0 Å². The zero-order chi connectivity index (χ0) is 32.4. The Morgan fingerprint density at radius 2 is 0.500 bits per heavy atom. The van der Waals surface area contributed by atoms with Crippen LogP contribution in [0.15, 0.2) is 0 Å². The summed E-state index contributed by atoms with van der Waals surface area (Å²) in [4.78, 5) is 8.33. The molecule has 0 aromatic heterocycles. The summed E-state index contributed by atoms with van der Waals surface area (Å²) in [5.41, 5.74) is 0. The molecule has 0 spiro atoms. The molecule has 256 valence electrons. The third-order valence-corrected chi connectivity index (χ3v) is 8.47. The number of unbranched alkanes of at least 4 members (excludes halogenated alkanes) is 20. The molecule has 0 rings (SSSR count). The highest BCUT2D eigenvalue weighted by molar-refractivity contribution is 5.47. The second-order valence-electron chi connectivity index (χ2n) is 14.1. The van der Waals surface area contributed by atoms with Crippen LogP contribution in [0.25, 0.3) is 0 Å². The SMILES string of the molecule is CCCCCCCC[N+](C)(C)CCCCCCCC.CCCCCCCC[N+](C)(C)CCCCCCCC.O=C([O-])[O-]. The summed E-state index contributed by atoms with van der Waals surface area (Å²) < 4.78 is 2.48. The lowest BCUT2D eigenvalue weighted by Crippen LogP contribution is -2.41. The van der Waals surface area contributed by atoms with Crippen LogP contribution < -0.4 is 10.2 Å². The number of quaternary nitrogens is 2. The van der Waals surface area contributed by atoms with Crippen LogP contribution in [-0.4, -0.2) is 69.5 Å². The van der Waals surface area contributed by atoms with Crippen LogP contribution in [0.2, 0.25) is 0 Å². The molecule has 0 bridgehead atoms. The molecule has 0 radical (unpaired) electrons.